The van der Waals surface area contributed by atoms with Crippen molar-refractivity contribution in [2.45, 2.75) is 6.42 Å². The zero-order chi connectivity index (χ0) is 40.3. The quantitative estimate of drug-likeness (QED) is 0.161. The van der Waals surface area contributed by atoms with Crippen LogP contribution in [0.3, 0.4) is 0 Å². The van der Waals surface area contributed by atoms with Crippen molar-refractivity contribution in [1.29, 1.82) is 0 Å². The first kappa shape index (κ1) is 34.9. The lowest BCUT2D eigenvalue weighted by Crippen LogP contribution is -2.33. The summed E-state index contributed by atoms with van der Waals surface area (Å²) < 4.78 is 15.1. The first-order chi connectivity index (χ1) is 30.2. The summed E-state index contributed by atoms with van der Waals surface area (Å²) in [6, 6.07) is 68.4. The fourth-order valence-corrected chi connectivity index (χ4v) is 8.97. The average molecular weight is 784 g/mol. The zero-order valence-corrected chi connectivity index (χ0v) is 33.1. The summed E-state index contributed by atoms with van der Waals surface area (Å²) >= 11 is 0. The first-order valence-electron chi connectivity index (χ1n) is 20.7. The van der Waals surface area contributed by atoms with E-state index in [1.165, 1.54) is 27.0 Å². The highest BCUT2D eigenvalue weighted by Crippen LogP contribution is 2.38. The molecule has 288 valence electrons. The van der Waals surface area contributed by atoms with Crippen molar-refractivity contribution >= 4 is 67.1 Å². The third-order valence-electron chi connectivity index (χ3n) is 11.8. The molecule has 0 aliphatic heterocycles. The number of allylic oxidation sites excluding steroid dienone is 1. The lowest BCUT2D eigenvalue weighted by Gasteiger charge is -2.27. The molecule has 0 radical (unpaired) electrons. The van der Waals surface area contributed by atoms with Gasteiger partial charge in [-0.2, -0.15) is 0 Å². The Kier molecular flexibility index (Phi) is 8.17. The molecule has 0 saturated heterocycles. The van der Waals surface area contributed by atoms with Gasteiger partial charge in [0.15, 0.2) is 5.58 Å². The minimum absolute atomic E-state index is 0.604. The number of hydrogen-bond acceptors (Lipinski definition) is 4. The van der Waals surface area contributed by atoms with Crippen LogP contribution < -0.4 is 15.5 Å². The largest absolute Gasteiger partial charge is 0.456 e. The van der Waals surface area contributed by atoms with E-state index in [4.69, 9.17) is 13.8 Å². The van der Waals surface area contributed by atoms with Crippen LogP contribution >= 0.6 is 0 Å². The molecule has 8 aromatic carbocycles. The van der Waals surface area contributed by atoms with Gasteiger partial charge in [0, 0.05) is 50.1 Å². The molecule has 0 saturated carbocycles. The molecule has 5 nitrogen and oxygen atoms in total. The molecule has 61 heavy (non-hydrogen) atoms. The summed E-state index contributed by atoms with van der Waals surface area (Å²) in [7, 11) is 0. The van der Waals surface area contributed by atoms with Crippen LogP contribution in [0.25, 0.3) is 95.1 Å². The fraction of sp³-hybridized carbons (Fsp3) is 0.0179. The highest BCUT2D eigenvalue weighted by Gasteiger charge is 2.21. The molecule has 0 amide bonds. The minimum Gasteiger partial charge on any atom is -0.456 e. The molecule has 0 spiro atoms. The summed E-state index contributed by atoms with van der Waals surface area (Å²) in [6.45, 7) is 0. The molecule has 0 fully saturated rings. The molecule has 1 aliphatic rings. The Morgan fingerprint density at radius 2 is 1.15 bits per heavy atom. The van der Waals surface area contributed by atoms with Gasteiger partial charge in [-0.05, 0) is 108 Å². The summed E-state index contributed by atoms with van der Waals surface area (Å²) in [5, 5.41) is 5.66. The fourth-order valence-electron chi connectivity index (χ4n) is 8.97. The van der Waals surface area contributed by atoms with E-state index in [0.717, 1.165) is 78.9 Å². The van der Waals surface area contributed by atoms with E-state index in [1.807, 2.05) is 36.4 Å². The van der Waals surface area contributed by atoms with Gasteiger partial charge in [0.25, 0.3) is 0 Å². The monoisotopic (exact) mass is 783 g/mol. The Labute approximate surface area is 351 Å². The predicted octanol–water partition coefficient (Wildman–Crippen LogP) is 13.4. The van der Waals surface area contributed by atoms with E-state index >= 15 is 0 Å². The molecule has 5 heteroatoms. The van der Waals surface area contributed by atoms with Gasteiger partial charge in [0.2, 0.25) is 5.89 Å². The Morgan fingerprint density at radius 3 is 1.97 bits per heavy atom. The van der Waals surface area contributed by atoms with E-state index in [1.54, 1.807) is 0 Å². The molecule has 3 heterocycles. The SMILES string of the molecule is C1=CC(N(c2ccc(-c3ccc4c(c3)oc3cc5oc(-c6ccccc6)nc5cc34)cc2)c2cccc(-c3ccccc3)c2)=c2c(n(-c3ccccc3)c3ccccc23)=CC1. The van der Waals surface area contributed by atoms with Crippen LogP contribution in [-0.4, -0.2) is 9.55 Å². The van der Waals surface area contributed by atoms with Crippen molar-refractivity contribution in [3.63, 3.8) is 0 Å². The molecule has 1 aliphatic carbocycles. The second kappa shape index (κ2) is 14.3. The van der Waals surface area contributed by atoms with Crippen LogP contribution in [0.2, 0.25) is 0 Å². The number of fused-ring (bicyclic) bond motifs is 7. The van der Waals surface area contributed by atoms with Crippen LogP contribution in [0.4, 0.5) is 11.4 Å². The number of hydrogen-bond donors (Lipinski definition) is 0. The number of para-hydroxylation sites is 2. The van der Waals surface area contributed by atoms with Crippen LogP contribution in [0.15, 0.2) is 215 Å². The van der Waals surface area contributed by atoms with Crippen LogP contribution in [0.5, 0.6) is 0 Å². The van der Waals surface area contributed by atoms with Crippen molar-refractivity contribution in [2.75, 3.05) is 4.90 Å². The van der Waals surface area contributed by atoms with Gasteiger partial charge in [-0.1, -0.05) is 127 Å². The topological polar surface area (TPSA) is 47.3 Å². The zero-order valence-electron chi connectivity index (χ0n) is 33.1. The summed E-state index contributed by atoms with van der Waals surface area (Å²) in [6.07, 6.45) is 7.76. The second-order valence-corrected chi connectivity index (χ2v) is 15.5. The molecule has 0 atom stereocenters. The van der Waals surface area contributed by atoms with Gasteiger partial charge in [0.05, 0.1) is 16.6 Å². The molecule has 0 N–H and O–H groups in total. The molecule has 0 unspecified atom stereocenters. The Morgan fingerprint density at radius 1 is 0.475 bits per heavy atom. The van der Waals surface area contributed by atoms with Crippen molar-refractivity contribution in [2.24, 2.45) is 0 Å². The van der Waals surface area contributed by atoms with E-state index in [9.17, 15) is 0 Å². The predicted molar refractivity (Wildman–Crippen MR) is 250 cm³/mol. The van der Waals surface area contributed by atoms with Crippen LogP contribution in [0.1, 0.15) is 6.42 Å². The van der Waals surface area contributed by atoms with Gasteiger partial charge in [0.1, 0.15) is 16.7 Å². The Balaban J connectivity index is 0.994. The molecular weight excluding hydrogens is 747 g/mol. The van der Waals surface area contributed by atoms with Crippen molar-refractivity contribution in [3.05, 3.63) is 217 Å². The third kappa shape index (κ3) is 5.97. The van der Waals surface area contributed by atoms with E-state index in [2.05, 4.69) is 185 Å². The first-order valence-corrected chi connectivity index (χ1v) is 20.7. The van der Waals surface area contributed by atoms with Crippen molar-refractivity contribution in [1.82, 2.24) is 9.55 Å². The molecular formula is C56H37N3O2. The maximum atomic E-state index is 6.49. The van der Waals surface area contributed by atoms with E-state index in [-0.39, 0.29) is 0 Å². The number of nitrogens with zero attached hydrogens (tertiary/aromatic N) is 3. The van der Waals surface area contributed by atoms with Gasteiger partial charge >= 0.3 is 0 Å². The summed E-state index contributed by atoms with van der Waals surface area (Å²) in [5.41, 5.74) is 14.2. The van der Waals surface area contributed by atoms with Crippen molar-refractivity contribution < 1.29 is 8.83 Å². The van der Waals surface area contributed by atoms with Crippen molar-refractivity contribution in [3.8, 4) is 39.4 Å². The van der Waals surface area contributed by atoms with E-state index in [0.29, 0.717) is 11.5 Å². The highest BCUT2D eigenvalue weighted by atomic mass is 16.4. The number of furan rings is 1. The number of aromatic nitrogens is 2. The summed E-state index contributed by atoms with van der Waals surface area (Å²) in [5.74, 6) is 0.604. The van der Waals surface area contributed by atoms with Gasteiger partial charge in [-0.25, -0.2) is 4.98 Å². The lowest BCUT2D eigenvalue weighted by molar-refractivity contribution is 0.617. The number of benzene rings is 8. The van der Waals surface area contributed by atoms with Gasteiger partial charge < -0.3 is 18.3 Å². The standard InChI is InChI=1S/C56H37N3O2/c1-4-15-37(16-5-1)40-19-14-22-44(33-40)58(50-25-12-13-26-51-55(50)46-23-10-11-24-49(46)59(51)42-20-8-3-9-21-42)43-30-27-38(28-31-43)41-29-32-45-47-35-48-54(36-53(47)60-52(45)34-41)61-56(57-48)39-17-6-2-7-18-39/h1-12,14-36H,13H2. The normalized spacial score (nSPS) is 12.6. The Hall–Kier alpha value is -8.15. The lowest BCUT2D eigenvalue weighted by atomic mass is 10.0. The van der Waals surface area contributed by atoms with Crippen LogP contribution in [-0.2, 0) is 0 Å². The maximum Gasteiger partial charge on any atom is 0.227 e. The molecule has 3 aromatic heterocycles. The molecule has 12 rings (SSSR count). The average Bonchev–Trinajstić information content (AvgIpc) is 3.96. The summed E-state index contributed by atoms with van der Waals surface area (Å²) in [4.78, 5) is 7.23. The highest BCUT2D eigenvalue weighted by molar-refractivity contribution is 6.09. The molecule has 0 bridgehead atoms. The smallest absolute Gasteiger partial charge is 0.227 e. The van der Waals surface area contributed by atoms with E-state index < -0.39 is 0 Å². The number of rotatable bonds is 7. The Bertz CT molecular complexity index is 3600. The number of oxazole rings is 1. The van der Waals surface area contributed by atoms with Gasteiger partial charge in [-0.3, -0.25) is 0 Å². The third-order valence-corrected chi connectivity index (χ3v) is 11.8. The second-order valence-electron chi connectivity index (χ2n) is 15.5. The maximum absolute atomic E-state index is 6.49. The van der Waals surface area contributed by atoms with Crippen LogP contribution in [0, 0.1) is 0 Å². The molecule has 11 aromatic rings. The minimum atomic E-state index is 0.604. The number of anilines is 2. The van der Waals surface area contributed by atoms with Gasteiger partial charge in [-0.15, -0.1) is 0 Å².